The minimum absolute atomic E-state index is 0.00359. The predicted octanol–water partition coefficient (Wildman–Crippen LogP) is 3.28. The highest BCUT2D eigenvalue weighted by Gasteiger charge is 2.10. The van der Waals surface area contributed by atoms with Crippen LogP contribution in [0.3, 0.4) is 0 Å². The number of halogens is 1. The molecule has 0 bridgehead atoms. The first-order valence-electron chi connectivity index (χ1n) is 5.78. The molecule has 4 nitrogen and oxygen atoms in total. The summed E-state index contributed by atoms with van der Waals surface area (Å²) in [7, 11) is 0. The van der Waals surface area contributed by atoms with Crippen molar-refractivity contribution in [2.24, 2.45) is 0 Å². The van der Waals surface area contributed by atoms with E-state index in [2.05, 4.69) is 10.3 Å². The molecule has 2 aromatic rings. The zero-order chi connectivity index (χ0) is 14.4. The molecule has 0 atom stereocenters. The van der Waals surface area contributed by atoms with Gasteiger partial charge in [0.25, 0.3) is 5.91 Å². The number of aromatic nitrogens is 1. The summed E-state index contributed by atoms with van der Waals surface area (Å²) in [6.45, 7) is 0. The van der Waals surface area contributed by atoms with Crippen molar-refractivity contribution in [3.63, 3.8) is 0 Å². The maximum atomic E-state index is 12.0. The molecule has 1 heterocycles. The minimum atomic E-state index is -0.502. The summed E-state index contributed by atoms with van der Waals surface area (Å²) >= 11 is 5.95. The Morgan fingerprint density at radius 3 is 2.60 bits per heavy atom. The van der Waals surface area contributed by atoms with Crippen LogP contribution in [0, 0.1) is 11.3 Å². The van der Waals surface area contributed by atoms with Gasteiger partial charge in [0.1, 0.15) is 11.6 Å². The zero-order valence-corrected chi connectivity index (χ0v) is 11.1. The zero-order valence-electron chi connectivity index (χ0n) is 10.4. The van der Waals surface area contributed by atoms with Gasteiger partial charge < -0.3 is 5.32 Å². The number of anilines is 1. The van der Waals surface area contributed by atoms with Crippen LogP contribution in [0.2, 0.25) is 5.02 Å². The van der Waals surface area contributed by atoms with Crippen molar-refractivity contribution in [1.82, 2.24) is 4.98 Å². The molecular formula is C15H10ClN3O. The predicted molar refractivity (Wildman–Crippen MR) is 77.9 cm³/mol. The largest absolute Gasteiger partial charge is 0.320 e. The summed E-state index contributed by atoms with van der Waals surface area (Å²) in [4.78, 5) is 15.9. The van der Waals surface area contributed by atoms with Crippen LogP contribution in [0.5, 0.6) is 0 Å². The molecule has 0 aliphatic rings. The van der Waals surface area contributed by atoms with Gasteiger partial charge in [-0.2, -0.15) is 5.26 Å². The van der Waals surface area contributed by atoms with Gasteiger partial charge in [0.05, 0.1) is 10.7 Å². The minimum Gasteiger partial charge on any atom is -0.320 e. The molecular weight excluding hydrogens is 274 g/mol. The Kier molecular flexibility index (Phi) is 4.48. The monoisotopic (exact) mass is 283 g/mol. The summed E-state index contributed by atoms with van der Waals surface area (Å²) in [5, 5.41) is 12.1. The first-order valence-corrected chi connectivity index (χ1v) is 6.16. The number of para-hydroxylation sites is 1. The van der Waals surface area contributed by atoms with E-state index in [4.69, 9.17) is 16.9 Å². The number of amides is 1. The van der Waals surface area contributed by atoms with Crippen LogP contribution in [-0.2, 0) is 4.79 Å². The third-order valence-corrected chi connectivity index (χ3v) is 2.83. The average Bonchev–Trinajstić information content (AvgIpc) is 2.48. The molecule has 1 aromatic heterocycles. The van der Waals surface area contributed by atoms with Gasteiger partial charge >= 0.3 is 0 Å². The summed E-state index contributed by atoms with van der Waals surface area (Å²) in [6.07, 6.45) is 4.67. The molecule has 1 amide bonds. The first-order chi connectivity index (χ1) is 9.70. The Hall–Kier alpha value is -2.64. The number of nitrogens with one attached hydrogen (secondary N) is 1. The van der Waals surface area contributed by atoms with E-state index in [-0.39, 0.29) is 5.57 Å². The van der Waals surface area contributed by atoms with E-state index in [0.29, 0.717) is 10.7 Å². The van der Waals surface area contributed by atoms with Gasteiger partial charge in [-0.3, -0.25) is 9.78 Å². The van der Waals surface area contributed by atoms with Crippen molar-refractivity contribution in [3.05, 3.63) is 65.0 Å². The molecule has 1 N–H and O–H groups in total. The lowest BCUT2D eigenvalue weighted by Crippen LogP contribution is -2.13. The summed E-state index contributed by atoms with van der Waals surface area (Å²) in [5.41, 5.74) is 1.19. The van der Waals surface area contributed by atoms with E-state index in [0.717, 1.165) is 5.56 Å². The van der Waals surface area contributed by atoms with Crippen LogP contribution in [-0.4, -0.2) is 10.9 Å². The number of rotatable bonds is 3. The lowest BCUT2D eigenvalue weighted by molar-refractivity contribution is -0.112. The van der Waals surface area contributed by atoms with Gasteiger partial charge in [0.2, 0.25) is 0 Å². The molecule has 20 heavy (non-hydrogen) atoms. The number of hydrogen-bond acceptors (Lipinski definition) is 3. The Labute approximate surface area is 121 Å². The second kappa shape index (κ2) is 6.50. The molecule has 0 radical (unpaired) electrons. The van der Waals surface area contributed by atoms with Gasteiger partial charge in [-0.25, -0.2) is 0 Å². The highest BCUT2D eigenvalue weighted by molar-refractivity contribution is 6.34. The molecule has 2 rings (SSSR count). The highest BCUT2D eigenvalue weighted by atomic mass is 35.5. The SMILES string of the molecule is N#CC(=Cc1ccncc1)C(=O)Nc1ccccc1Cl. The van der Waals surface area contributed by atoms with Crippen LogP contribution in [0.15, 0.2) is 54.4 Å². The average molecular weight is 284 g/mol. The van der Waals surface area contributed by atoms with Gasteiger partial charge in [-0.15, -0.1) is 0 Å². The number of hydrogen-bond donors (Lipinski definition) is 1. The first kappa shape index (κ1) is 13.8. The quantitative estimate of drug-likeness (QED) is 0.694. The number of pyridine rings is 1. The van der Waals surface area contributed by atoms with Crippen molar-refractivity contribution in [2.75, 3.05) is 5.32 Å². The molecule has 0 saturated heterocycles. The lowest BCUT2D eigenvalue weighted by atomic mass is 10.1. The molecule has 5 heteroatoms. The summed E-state index contributed by atoms with van der Waals surface area (Å²) < 4.78 is 0. The number of carbonyl (C=O) groups excluding carboxylic acids is 1. The van der Waals surface area contributed by atoms with Crippen molar-refractivity contribution in [2.45, 2.75) is 0 Å². The molecule has 0 aliphatic carbocycles. The smallest absolute Gasteiger partial charge is 0.266 e. The Morgan fingerprint density at radius 2 is 1.95 bits per heavy atom. The van der Waals surface area contributed by atoms with Crippen molar-refractivity contribution >= 4 is 29.3 Å². The van der Waals surface area contributed by atoms with E-state index in [1.54, 1.807) is 48.8 Å². The maximum Gasteiger partial charge on any atom is 0.266 e. The van der Waals surface area contributed by atoms with E-state index >= 15 is 0 Å². The number of carbonyl (C=O) groups is 1. The van der Waals surface area contributed by atoms with Gasteiger partial charge in [0.15, 0.2) is 0 Å². The second-order valence-corrected chi connectivity index (χ2v) is 4.29. The Morgan fingerprint density at radius 1 is 1.25 bits per heavy atom. The highest BCUT2D eigenvalue weighted by Crippen LogP contribution is 2.21. The summed E-state index contributed by atoms with van der Waals surface area (Å²) in [5.74, 6) is -0.502. The topological polar surface area (TPSA) is 65.8 Å². The Balaban J connectivity index is 2.21. The van der Waals surface area contributed by atoms with E-state index in [1.807, 2.05) is 6.07 Å². The van der Waals surface area contributed by atoms with Gasteiger partial charge in [-0.05, 0) is 35.9 Å². The van der Waals surface area contributed by atoms with Crippen LogP contribution >= 0.6 is 11.6 Å². The fourth-order valence-electron chi connectivity index (χ4n) is 1.53. The van der Waals surface area contributed by atoms with Crippen LogP contribution in [0.4, 0.5) is 5.69 Å². The van der Waals surface area contributed by atoms with Crippen molar-refractivity contribution in [3.8, 4) is 6.07 Å². The Bertz CT molecular complexity index is 690. The fraction of sp³-hybridized carbons (Fsp3) is 0. The molecule has 0 saturated carbocycles. The van der Waals surface area contributed by atoms with Gasteiger partial charge in [-0.1, -0.05) is 23.7 Å². The molecule has 0 aliphatic heterocycles. The van der Waals surface area contributed by atoms with Crippen molar-refractivity contribution in [1.29, 1.82) is 5.26 Å². The normalized spacial score (nSPS) is 10.7. The summed E-state index contributed by atoms with van der Waals surface area (Å²) in [6, 6.07) is 12.1. The second-order valence-electron chi connectivity index (χ2n) is 3.88. The maximum absolute atomic E-state index is 12.0. The van der Waals surface area contributed by atoms with E-state index < -0.39 is 5.91 Å². The fourth-order valence-corrected chi connectivity index (χ4v) is 1.71. The molecule has 98 valence electrons. The molecule has 0 spiro atoms. The molecule has 0 fully saturated rings. The third-order valence-electron chi connectivity index (χ3n) is 2.50. The number of nitrogens with zero attached hydrogens (tertiary/aromatic N) is 2. The van der Waals surface area contributed by atoms with Crippen LogP contribution in [0.25, 0.3) is 6.08 Å². The number of nitriles is 1. The molecule has 1 aromatic carbocycles. The van der Waals surface area contributed by atoms with Crippen molar-refractivity contribution < 1.29 is 4.79 Å². The van der Waals surface area contributed by atoms with E-state index in [9.17, 15) is 4.79 Å². The van der Waals surface area contributed by atoms with Gasteiger partial charge in [0, 0.05) is 12.4 Å². The number of benzene rings is 1. The van der Waals surface area contributed by atoms with Crippen LogP contribution in [0.1, 0.15) is 5.56 Å². The standard InChI is InChI=1S/C15H10ClN3O/c16-13-3-1-2-4-14(13)19-15(20)12(10-17)9-11-5-7-18-8-6-11/h1-9H,(H,19,20). The third kappa shape index (κ3) is 3.44. The van der Waals surface area contributed by atoms with Crippen LogP contribution < -0.4 is 5.32 Å². The lowest BCUT2D eigenvalue weighted by Gasteiger charge is -2.05. The van der Waals surface area contributed by atoms with E-state index in [1.165, 1.54) is 6.08 Å². The molecule has 0 unspecified atom stereocenters.